The first kappa shape index (κ1) is 19.0. The van der Waals surface area contributed by atoms with E-state index in [9.17, 15) is 4.79 Å². The lowest BCUT2D eigenvalue weighted by Crippen LogP contribution is -2.49. The second-order valence-corrected chi connectivity index (χ2v) is 7.75. The molecule has 0 bridgehead atoms. The molecule has 0 aliphatic carbocycles. The highest BCUT2D eigenvalue weighted by molar-refractivity contribution is 6.30. The number of hydrogen-bond donors (Lipinski definition) is 0. The summed E-state index contributed by atoms with van der Waals surface area (Å²) >= 11 is 6.10. The lowest BCUT2D eigenvalue weighted by molar-refractivity contribution is 0.0740. The molecule has 2 aliphatic heterocycles. The first-order valence-corrected chi connectivity index (χ1v) is 10.0. The molecule has 0 saturated carbocycles. The highest BCUT2D eigenvalue weighted by Crippen LogP contribution is 2.21. The summed E-state index contributed by atoms with van der Waals surface area (Å²) in [5, 5.41) is 0.730. The van der Waals surface area contributed by atoms with Gasteiger partial charge in [-0.25, -0.2) is 9.97 Å². The average molecular weight is 401 g/mol. The Morgan fingerprint density at radius 3 is 2.36 bits per heavy atom. The van der Waals surface area contributed by atoms with E-state index < -0.39 is 0 Å². The molecule has 4 rings (SSSR count). The smallest absolute Gasteiger partial charge is 0.272 e. The number of likely N-dealkylation sites (N-methyl/N-ethyl adjacent to an activating group) is 1. The van der Waals surface area contributed by atoms with Gasteiger partial charge in [0.2, 0.25) is 0 Å². The lowest BCUT2D eigenvalue weighted by atomic mass is 10.2. The van der Waals surface area contributed by atoms with Gasteiger partial charge in [-0.2, -0.15) is 0 Å². The van der Waals surface area contributed by atoms with Gasteiger partial charge in [-0.1, -0.05) is 17.7 Å². The Morgan fingerprint density at radius 1 is 0.929 bits per heavy atom. The number of hydrogen-bond acceptors (Lipinski definition) is 6. The molecule has 2 fully saturated rings. The minimum absolute atomic E-state index is 0.0245. The van der Waals surface area contributed by atoms with E-state index in [1.54, 1.807) is 0 Å². The number of rotatable bonds is 3. The van der Waals surface area contributed by atoms with E-state index in [2.05, 4.69) is 37.8 Å². The van der Waals surface area contributed by atoms with Crippen molar-refractivity contribution in [3.8, 4) is 0 Å². The molecule has 3 heterocycles. The van der Waals surface area contributed by atoms with Crippen LogP contribution >= 0.6 is 11.6 Å². The van der Waals surface area contributed by atoms with Crippen molar-refractivity contribution in [3.63, 3.8) is 0 Å². The number of nitrogens with zero attached hydrogens (tertiary/aromatic N) is 6. The normalized spacial score (nSPS) is 18.4. The number of piperazine rings is 2. The largest absolute Gasteiger partial charge is 0.368 e. The molecule has 1 aromatic carbocycles. The quantitative estimate of drug-likeness (QED) is 0.783. The SMILES string of the molecule is CN1CCN(c2cc(C(=O)N3CCN(c4cccc(Cl)c4)CC3)ncn2)CC1. The van der Waals surface area contributed by atoms with Crippen molar-refractivity contribution < 1.29 is 4.79 Å². The molecule has 2 saturated heterocycles. The van der Waals surface area contributed by atoms with Crippen molar-refractivity contribution in [3.05, 3.63) is 47.4 Å². The maximum absolute atomic E-state index is 13.0. The highest BCUT2D eigenvalue weighted by atomic mass is 35.5. The molecule has 0 radical (unpaired) electrons. The Labute approximate surface area is 170 Å². The van der Waals surface area contributed by atoms with E-state index in [1.165, 1.54) is 6.33 Å². The molecule has 7 nitrogen and oxygen atoms in total. The van der Waals surface area contributed by atoms with Gasteiger partial charge in [0.1, 0.15) is 17.8 Å². The van der Waals surface area contributed by atoms with Crippen LogP contribution in [0.25, 0.3) is 0 Å². The second kappa shape index (κ2) is 8.32. The third-order valence-electron chi connectivity index (χ3n) is 5.44. The Morgan fingerprint density at radius 2 is 1.64 bits per heavy atom. The molecule has 1 aromatic heterocycles. The summed E-state index contributed by atoms with van der Waals surface area (Å²) in [6.45, 7) is 6.72. The van der Waals surface area contributed by atoms with Crippen molar-refractivity contribution in [1.29, 1.82) is 0 Å². The van der Waals surface area contributed by atoms with Crippen LogP contribution in [0.5, 0.6) is 0 Å². The van der Waals surface area contributed by atoms with E-state index in [0.29, 0.717) is 18.8 Å². The zero-order valence-electron chi connectivity index (χ0n) is 16.1. The van der Waals surface area contributed by atoms with Gasteiger partial charge < -0.3 is 19.6 Å². The third kappa shape index (κ3) is 4.20. The van der Waals surface area contributed by atoms with Gasteiger partial charge >= 0.3 is 0 Å². The Bertz CT molecular complexity index is 831. The topological polar surface area (TPSA) is 55.8 Å². The fourth-order valence-corrected chi connectivity index (χ4v) is 3.86. The number of carbonyl (C=O) groups is 1. The number of aromatic nitrogens is 2. The number of carbonyl (C=O) groups excluding carboxylic acids is 1. The third-order valence-corrected chi connectivity index (χ3v) is 5.67. The zero-order valence-corrected chi connectivity index (χ0v) is 16.8. The summed E-state index contributed by atoms with van der Waals surface area (Å²) in [4.78, 5) is 30.2. The maximum Gasteiger partial charge on any atom is 0.272 e. The molecule has 0 N–H and O–H groups in total. The van der Waals surface area contributed by atoms with Crippen LogP contribution in [0.15, 0.2) is 36.7 Å². The second-order valence-electron chi connectivity index (χ2n) is 7.31. The number of benzene rings is 1. The first-order chi connectivity index (χ1) is 13.6. The Hall–Kier alpha value is -2.38. The zero-order chi connectivity index (χ0) is 19.5. The molecule has 1 amide bonds. The first-order valence-electron chi connectivity index (χ1n) is 9.65. The lowest BCUT2D eigenvalue weighted by Gasteiger charge is -2.36. The molecule has 0 atom stereocenters. The van der Waals surface area contributed by atoms with Gasteiger partial charge in [0, 0.05) is 69.1 Å². The molecule has 8 heteroatoms. The van der Waals surface area contributed by atoms with Crippen LogP contribution in [0, 0.1) is 0 Å². The molecule has 2 aliphatic rings. The van der Waals surface area contributed by atoms with Crippen LogP contribution in [-0.2, 0) is 0 Å². The standard InChI is InChI=1S/C20H25ClN6O/c1-24-5-7-26(8-6-24)19-14-18(22-15-23-19)20(28)27-11-9-25(10-12-27)17-4-2-3-16(21)13-17/h2-4,13-15H,5-12H2,1H3. The Balaban J connectivity index is 1.39. The molecule has 0 spiro atoms. The predicted octanol–water partition coefficient (Wildman–Crippen LogP) is 1.84. The van der Waals surface area contributed by atoms with Gasteiger partial charge in [-0.15, -0.1) is 0 Å². The van der Waals surface area contributed by atoms with E-state index in [-0.39, 0.29) is 5.91 Å². The van der Waals surface area contributed by atoms with Gasteiger partial charge in [0.25, 0.3) is 5.91 Å². The predicted molar refractivity (Wildman–Crippen MR) is 111 cm³/mol. The number of amides is 1. The van der Waals surface area contributed by atoms with Crippen LogP contribution in [0.1, 0.15) is 10.5 Å². The number of anilines is 2. The summed E-state index contributed by atoms with van der Waals surface area (Å²) in [6, 6.07) is 9.67. The fraction of sp³-hybridized carbons (Fsp3) is 0.450. The van der Waals surface area contributed by atoms with Crippen molar-refractivity contribution in [2.45, 2.75) is 0 Å². The molecular weight excluding hydrogens is 376 g/mol. The van der Waals surface area contributed by atoms with Crippen LogP contribution in [-0.4, -0.2) is 85.1 Å². The molecular formula is C20H25ClN6O. The minimum atomic E-state index is -0.0245. The Kier molecular flexibility index (Phi) is 5.64. The van der Waals surface area contributed by atoms with Gasteiger partial charge in [-0.3, -0.25) is 4.79 Å². The molecule has 2 aromatic rings. The van der Waals surface area contributed by atoms with Crippen LogP contribution in [0.3, 0.4) is 0 Å². The summed E-state index contributed by atoms with van der Waals surface area (Å²) < 4.78 is 0. The van der Waals surface area contributed by atoms with Gasteiger partial charge in [-0.05, 0) is 25.2 Å². The summed E-state index contributed by atoms with van der Waals surface area (Å²) in [5.41, 5.74) is 1.57. The monoisotopic (exact) mass is 400 g/mol. The van der Waals surface area contributed by atoms with E-state index in [0.717, 1.165) is 55.8 Å². The van der Waals surface area contributed by atoms with E-state index in [4.69, 9.17) is 11.6 Å². The van der Waals surface area contributed by atoms with Gasteiger partial charge in [0.05, 0.1) is 0 Å². The van der Waals surface area contributed by atoms with Crippen molar-refractivity contribution >= 4 is 29.0 Å². The molecule has 148 valence electrons. The minimum Gasteiger partial charge on any atom is -0.368 e. The van der Waals surface area contributed by atoms with Crippen molar-refractivity contribution in [1.82, 2.24) is 19.8 Å². The van der Waals surface area contributed by atoms with E-state index >= 15 is 0 Å². The van der Waals surface area contributed by atoms with Crippen LogP contribution in [0.2, 0.25) is 5.02 Å². The van der Waals surface area contributed by atoms with Gasteiger partial charge in [0.15, 0.2) is 0 Å². The van der Waals surface area contributed by atoms with Crippen molar-refractivity contribution in [2.75, 3.05) is 69.2 Å². The summed E-state index contributed by atoms with van der Waals surface area (Å²) in [5.74, 6) is 0.813. The summed E-state index contributed by atoms with van der Waals surface area (Å²) in [6.07, 6.45) is 1.50. The molecule has 0 unspecified atom stereocenters. The van der Waals surface area contributed by atoms with Crippen molar-refractivity contribution in [2.24, 2.45) is 0 Å². The average Bonchev–Trinajstić information content (AvgIpc) is 2.74. The van der Waals surface area contributed by atoms with Crippen LogP contribution < -0.4 is 9.80 Å². The fourth-order valence-electron chi connectivity index (χ4n) is 3.68. The number of halogens is 1. The summed E-state index contributed by atoms with van der Waals surface area (Å²) in [7, 11) is 2.12. The maximum atomic E-state index is 13.0. The van der Waals surface area contributed by atoms with Crippen LogP contribution in [0.4, 0.5) is 11.5 Å². The molecule has 28 heavy (non-hydrogen) atoms. The van der Waals surface area contributed by atoms with E-state index in [1.807, 2.05) is 29.2 Å². The highest BCUT2D eigenvalue weighted by Gasteiger charge is 2.24.